The number of anilines is 2. The Bertz CT molecular complexity index is 574. The van der Waals surface area contributed by atoms with Crippen molar-refractivity contribution in [1.82, 2.24) is 9.97 Å². The van der Waals surface area contributed by atoms with E-state index in [0.29, 0.717) is 24.6 Å². The second-order valence-electron chi connectivity index (χ2n) is 4.86. The Kier molecular flexibility index (Phi) is 5.63. The molecule has 0 fully saturated rings. The van der Waals surface area contributed by atoms with Crippen LogP contribution in [0.25, 0.3) is 0 Å². The summed E-state index contributed by atoms with van der Waals surface area (Å²) in [6.07, 6.45) is 4.20. The lowest BCUT2D eigenvalue weighted by Crippen LogP contribution is -2.23. The Morgan fingerprint density at radius 3 is 2.76 bits per heavy atom. The summed E-state index contributed by atoms with van der Waals surface area (Å²) in [6.45, 7) is 3.28. The summed E-state index contributed by atoms with van der Waals surface area (Å²) in [5, 5.41) is 0. The number of para-hydroxylation sites is 1. The van der Waals surface area contributed by atoms with Crippen molar-refractivity contribution in [1.29, 1.82) is 0 Å². The van der Waals surface area contributed by atoms with E-state index in [1.165, 1.54) is 12.4 Å². The van der Waals surface area contributed by atoms with Gasteiger partial charge in [0.2, 0.25) is 0 Å². The first-order chi connectivity index (χ1) is 10.3. The third-order valence-corrected chi connectivity index (χ3v) is 3.22. The van der Waals surface area contributed by atoms with Crippen LogP contribution in [-0.4, -0.2) is 23.1 Å². The number of rotatable bonds is 7. The molecular weight excluding hydrogens is 267 g/mol. The van der Waals surface area contributed by atoms with Crippen LogP contribution in [0.5, 0.6) is 0 Å². The Morgan fingerprint density at radius 2 is 2.05 bits per heavy atom. The highest BCUT2D eigenvalue weighted by molar-refractivity contribution is 5.60. The fraction of sp³-hybridized carbons (Fsp3) is 0.375. The zero-order valence-electron chi connectivity index (χ0n) is 12.3. The molecule has 1 aromatic heterocycles. The minimum absolute atomic E-state index is 0.259. The van der Waals surface area contributed by atoms with Gasteiger partial charge in [-0.25, -0.2) is 14.4 Å². The molecule has 5 heteroatoms. The third kappa shape index (κ3) is 3.98. The lowest BCUT2D eigenvalue weighted by Gasteiger charge is -2.24. The van der Waals surface area contributed by atoms with E-state index in [1.54, 1.807) is 12.1 Å². The Morgan fingerprint density at radius 1 is 1.24 bits per heavy atom. The monoisotopic (exact) mass is 288 g/mol. The predicted octanol–water partition coefficient (Wildman–Crippen LogP) is 3.06. The van der Waals surface area contributed by atoms with Gasteiger partial charge in [0.1, 0.15) is 18.0 Å². The number of nitrogens with two attached hydrogens (primary N) is 1. The van der Waals surface area contributed by atoms with Gasteiger partial charge in [-0.3, -0.25) is 0 Å². The standard InChI is InChI=1S/C16H21FN4/c1-2-6-13-11-16(20-12-19-13)21(10-5-9-18)15-8-4-3-7-14(15)17/h3-4,7-8,11-12H,2,5-6,9-10,18H2,1H3. The van der Waals surface area contributed by atoms with Crippen LogP contribution in [0.2, 0.25) is 0 Å². The highest BCUT2D eigenvalue weighted by atomic mass is 19.1. The molecule has 0 saturated carbocycles. The zero-order chi connectivity index (χ0) is 15.1. The van der Waals surface area contributed by atoms with Crippen LogP contribution in [0.15, 0.2) is 36.7 Å². The molecule has 1 aromatic carbocycles. The molecule has 0 aliphatic rings. The molecule has 1 heterocycles. The summed E-state index contributed by atoms with van der Waals surface area (Å²) < 4.78 is 14.1. The van der Waals surface area contributed by atoms with Crippen LogP contribution >= 0.6 is 0 Å². The summed E-state index contributed by atoms with van der Waals surface area (Å²) >= 11 is 0. The maximum atomic E-state index is 14.1. The molecule has 0 saturated heterocycles. The van der Waals surface area contributed by atoms with Crippen molar-refractivity contribution >= 4 is 11.5 Å². The number of benzene rings is 1. The highest BCUT2D eigenvalue weighted by Gasteiger charge is 2.14. The van der Waals surface area contributed by atoms with E-state index in [2.05, 4.69) is 16.9 Å². The van der Waals surface area contributed by atoms with Crippen molar-refractivity contribution in [2.75, 3.05) is 18.0 Å². The second kappa shape index (κ2) is 7.69. The molecule has 0 spiro atoms. The Hall–Kier alpha value is -2.01. The molecule has 4 nitrogen and oxygen atoms in total. The van der Waals surface area contributed by atoms with Gasteiger partial charge in [0.15, 0.2) is 0 Å². The van der Waals surface area contributed by atoms with Crippen LogP contribution in [0.4, 0.5) is 15.9 Å². The molecule has 0 atom stereocenters. The minimum atomic E-state index is -0.259. The van der Waals surface area contributed by atoms with Crippen molar-refractivity contribution in [3.8, 4) is 0 Å². The number of nitrogens with zero attached hydrogens (tertiary/aromatic N) is 3. The van der Waals surface area contributed by atoms with Crippen molar-refractivity contribution in [2.24, 2.45) is 5.73 Å². The van der Waals surface area contributed by atoms with E-state index in [0.717, 1.165) is 25.0 Å². The maximum Gasteiger partial charge on any atom is 0.146 e. The average Bonchev–Trinajstić information content (AvgIpc) is 2.50. The molecular formula is C16H21FN4. The van der Waals surface area contributed by atoms with Crippen LogP contribution in [0.1, 0.15) is 25.5 Å². The van der Waals surface area contributed by atoms with Gasteiger partial charge in [-0.2, -0.15) is 0 Å². The van der Waals surface area contributed by atoms with Gasteiger partial charge in [0.25, 0.3) is 0 Å². The summed E-state index contributed by atoms with van der Waals surface area (Å²) in [4.78, 5) is 10.4. The fourth-order valence-corrected chi connectivity index (χ4v) is 2.20. The number of aryl methyl sites for hydroxylation is 1. The molecule has 21 heavy (non-hydrogen) atoms. The third-order valence-electron chi connectivity index (χ3n) is 3.22. The molecule has 0 amide bonds. The van der Waals surface area contributed by atoms with Crippen LogP contribution in [-0.2, 0) is 6.42 Å². The Labute approximate surface area is 124 Å². The molecule has 0 unspecified atom stereocenters. The van der Waals surface area contributed by atoms with Crippen LogP contribution in [0.3, 0.4) is 0 Å². The maximum absolute atomic E-state index is 14.1. The molecule has 2 aromatic rings. The summed E-state index contributed by atoms with van der Waals surface area (Å²) in [5.74, 6) is 0.456. The first-order valence-corrected chi connectivity index (χ1v) is 7.29. The van der Waals surface area contributed by atoms with E-state index in [1.807, 2.05) is 17.0 Å². The molecule has 0 bridgehead atoms. The van der Waals surface area contributed by atoms with Gasteiger partial charge < -0.3 is 10.6 Å². The van der Waals surface area contributed by atoms with Crippen molar-refractivity contribution in [2.45, 2.75) is 26.2 Å². The van der Waals surface area contributed by atoms with E-state index in [9.17, 15) is 4.39 Å². The first-order valence-electron chi connectivity index (χ1n) is 7.29. The van der Waals surface area contributed by atoms with Gasteiger partial charge in [-0.05, 0) is 31.5 Å². The average molecular weight is 288 g/mol. The fourth-order valence-electron chi connectivity index (χ4n) is 2.20. The molecule has 0 radical (unpaired) electrons. The summed E-state index contributed by atoms with van der Waals surface area (Å²) in [5.41, 5.74) is 7.08. The first kappa shape index (κ1) is 15.4. The lowest BCUT2D eigenvalue weighted by molar-refractivity contribution is 0.622. The summed E-state index contributed by atoms with van der Waals surface area (Å²) in [6, 6.07) is 8.64. The van der Waals surface area contributed by atoms with Gasteiger partial charge in [-0.1, -0.05) is 25.5 Å². The van der Waals surface area contributed by atoms with Gasteiger partial charge >= 0.3 is 0 Å². The smallest absolute Gasteiger partial charge is 0.146 e. The zero-order valence-corrected chi connectivity index (χ0v) is 12.3. The molecule has 2 rings (SSSR count). The summed E-state index contributed by atoms with van der Waals surface area (Å²) in [7, 11) is 0. The van der Waals surface area contributed by atoms with Crippen LogP contribution in [0, 0.1) is 5.82 Å². The second-order valence-corrected chi connectivity index (χ2v) is 4.86. The molecule has 2 N–H and O–H groups in total. The number of hydrogen-bond donors (Lipinski definition) is 1. The molecule has 0 aliphatic heterocycles. The predicted molar refractivity (Wildman–Crippen MR) is 83.1 cm³/mol. The normalized spacial score (nSPS) is 10.6. The molecule has 0 aliphatic carbocycles. The minimum Gasteiger partial charge on any atom is -0.330 e. The highest BCUT2D eigenvalue weighted by Crippen LogP contribution is 2.26. The number of halogens is 1. The van der Waals surface area contributed by atoms with E-state index in [4.69, 9.17) is 5.73 Å². The quantitative estimate of drug-likeness (QED) is 0.850. The van der Waals surface area contributed by atoms with Gasteiger partial charge in [0, 0.05) is 18.3 Å². The Balaban J connectivity index is 2.36. The molecule has 112 valence electrons. The van der Waals surface area contributed by atoms with Gasteiger partial charge in [-0.15, -0.1) is 0 Å². The van der Waals surface area contributed by atoms with Gasteiger partial charge in [0.05, 0.1) is 5.69 Å². The lowest BCUT2D eigenvalue weighted by atomic mass is 10.2. The largest absolute Gasteiger partial charge is 0.330 e. The van der Waals surface area contributed by atoms with Crippen molar-refractivity contribution in [3.63, 3.8) is 0 Å². The SMILES string of the molecule is CCCc1cc(N(CCCN)c2ccccc2F)ncn1. The number of aromatic nitrogens is 2. The van der Waals surface area contributed by atoms with Crippen molar-refractivity contribution < 1.29 is 4.39 Å². The van der Waals surface area contributed by atoms with E-state index in [-0.39, 0.29) is 5.82 Å². The van der Waals surface area contributed by atoms with E-state index >= 15 is 0 Å². The number of hydrogen-bond acceptors (Lipinski definition) is 4. The van der Waals surface area contributed by atoms with Crippen molar-refractivity contribution in [3.05, 3.63) is 48.2 Å². The van der Waals surface area contributed by atoms with E-state index < -0.39 is 0 Å². The topological polar surface area (TPSA) is 55.0 Å². The van der Waals surface area contributed by atoms with Crippen LogP contribution < -0.4 is 10.6 Å².